The van der Waals surface area contributed by atoms with Gasteiger partial charge in [0.1, 0.15) is 19.0 Å². The summed E-state index contributed by atoms with van der Waals surface area (Å²) >= 11 is 0. The van der Waals surface area contributed by atoms with Crippen LogP contribution in [0, 0.1) is 0 Å². The highest BCUT2D eigenvalue weighted by Crippen LogP contribution is 2.38. The van der Waals surface area contributed by atoms with Crippen molar-refractivity contribution in [3.05, 3.63) is 119 Å². The molecule has 1 aliphatic rings. The minimum atomic E-state index is -0.387. The molecule has 0 aliphatic heterocycles. The van der Waals surface area contributed by atoms with Crippen LogP contribution in [0.1, 0.15) is 46.5 Å². The molecule has 0 amide bonds. The molecule has 3 aromatic rings. The topological polar surface area (TPSA) is 61.8 Å². The van der Waals surface area contributed by atoms with Gasteiger partial charge in [-0.25, -0.2) is 9.59 Å². The highest BCUT2D eigenvalue weighted by molar-refractivity contribution is 5.90. The second kappa shape index (κ2) is 11.3. The Kier molecular flexibility index (Phi) is 7.78. The molecule has 0 radical (unpaired) electrons. The second-order valence-corrected chi connectivity index (χ2v) is 8.53. The number of para-hydroxylation sites is 1. The third-order valence-electron chi connectivity index (χ3n) is 5.51. The predicted molar refractivity (Wildman–Crippen MR) is 135 cm³/mol. The van der Waals surface area contributed by atoms with E-state index in [9.17, 15) is 9.59 Å². The lowest BCUT2D eigenvalue weighted by atomic mass is 9.99. The highest BCUT2D eigenvalue weighted by Gasteiger charge is 2.23. The Balaban J connectivity index is 1.54. The van der Waals surface area contributed by atoms with Crippen LogP contribution in [0.2, 0.25) is 0 Å². The number of carbonyl (C=O) groups excluding carboxylic acids is 2. The molecule has 3 aromatic carbocycles. The normalized spacial score (nSPS) is 12.9. The van der Waals surface area contributed by atoms with Crippen LogP contribution in [-0.2, 0) is 9.47 Å². The summed E-state index contributed by atoms with van der Waals surface area (Å²) in [6.45, 7) is 4.22. The van der Waals surface area contributed by atoms with Gasteiger partial charge in [0.15, 0.2) is 0 Å². The van der Waals surface area contributed by atoms with Gasteiger partial charge in [-0.3, -0.25) is 0 Å². The molecule has 4 rings (SSSR count). The maximum absolute atomic E-state index is 12.6. The molecule has 0 unspecified atom stereocenters. The zero-order valence-corrected chi connectivity index (χ0v) is 19.9. The Morgan fingerprint density at radius 2 is 1.29 bits per heavy atom. The Bertz CT molecular complexity index is 1240. The van der Waals surface area contributed by atoms with Crippen molar-refractivity contribution >= 4 is 17.5 Å². The van der Waals surface area contributed by atoms with E-state index in [1.807, 2.05) is 56.3 Å². The number of benzene rings is 3. The van der Waals surface area contributed by atoms with Crippen LogP contribution < -0.4 is 4.74 Å². The van der Waals surface area contributed by atoms with Gasteiger partial charge in [-0.05, 0) is 67.3 Å². The molecule has 0 saturated heterocycles. The summed E-state index contributed by atoms with van der Waals surface area (Å²) in [4.78, 5) is 25.0. The first-order valence-electron chi connectivity index (χ1n) is 11.6. The third kappa shape index (κ3) is 6.27. The third-order valence-corrected chi connectivity index (χ3v) is 5.51. The van der Waals surface area contributed by atoms with E-state index in [-0.39, 0.29) is 31.3 Å². The van der Waals surface area contributed by atoms with Gasteiger partial charge in [-0.1, -0.05) is 60.7 Å². The summed E-state index contributed by atoms with van der Waals surface area (Å²) in [6, 6.07) is 25.6. The summed E-state index contributed by atoms with van der Waals surface area (Å²) in [7, 11) is 0. The molecule has 0 bridgehead atoms. The van der Waals surface area contributed by atoms with Crippen molar-refractivity contribution in [1.29, 1.82) is 0 Å². The van der Waals surface area contributed by atoms with Crippen LogP contribution in [0.5, 0.6) is 5.75 Å². The molecule has 178 valence electrons. The summed E-state index contributed by atoms with van der Waals surface area (Å²) < 4.78 is 17.2. The Morgan fingerprint density at radius 1 is 0.743 bits per heavy atom. The molecule has 0 atom stereocenters. The van der Waals surface area contributed by atoms with Crippen molar-refractivity contribution in [1.82, 2.24) is 0 Å². The van der Waals surface area contributed by atoms with Crippen LogP contribution >= 0.6 is 0 Å². The number of rotatable bonds is 9. The van der Waals surface area contributed by atoms with Crippen molar-refractivity contribution in [2.45, 2.75) is 26.4 Å². The van der Waals surface area contributed by atoms with Crippen LogP contribution in [0.25, 0.3) is 5.57 Å². The Labute approximate surface area is 205 Å². The molecule has 0 spiro atoms. The van der Waals surface area contributed by atoms with E-state index in [0.29, 0.717) is 17.5 Å². The average molecular weight is 469 g/mol. The van der Waals surface area contributed by atoms with Gasteiger partial charge in [-0.2, -0.15) is 0 Å². The maximum Gasteiger partial charge on any atom is 0.338 e. The van der Waals surface area contributed by atoms with E-state index in [0.717, 1.165) is 28.0 Å². The first kappa shape index (κ1) is 24.0. The van der Waals surface area contributed by atoms with Gasteiger partial charge < -0.3 is 14.2 Å². The van der Waals surface area contributed by atoms with Crippen LogP contribution in [0.4, 0.5) is 0 Å². The Morgan fingerprint density at radius 3 is 1.89 bits per heavy atom. The second-order valence-electron chi connectivity index (χ2n) is 8.53. The van der Waals surface area contributed by atoms with Crippen LogP contribution in [-0.4, -0.2) is 31.3 Å². The van der Waals surface area contributed by atoms with Gasteiger partial charge in [0, 0.05) is 5.56 Å². The quantitative estimate of drug-likeness (QED) is 0.346. The monoisotopic (exact) mass is 468 g/mol. The van der Waals surface area contributed by atoms with Crippen molar-refractivity contribution in [3.8, 4) is 5.75 Å². The molecule has 0 saturated carbocycles. The average Bonchev–Trinajstić information content (AvgIpc) is 3.29. The van der Waals surface area contributed by atoms with Crippen LogP contribution in [0.3, 0.4) is 0 Å². The lowest BCUT2D eigenvalue weighted by Crippen LogP contribution is -2.09. The molecule has 0 heterocycles. The molecule has 5 nitrogen and oxygen atoms in total. The first-order valence-corrected chi connectivity index (χ1v) is 11.6. The van der Waals surface area contributed by atoms with Crippen molar-refractivity contribution in [2.75, 3.05) is 13.2 Å². The molecule has 1 aliphatic carbocycles. The number of allylic oxidation sites excluding steroid dienone is 1. The van der Waals surface area contributed by atoms with Crippen molar-refractivity contribution in [3.63, 3.8) is 0 Å². The van der Waals surface area contributed by atoms with Gasteiger partial charge in [0.2, 0.25) is 0 Å². The summed E-state index contributed by atoms with van der Waals surface area (Å²) in [5.41, 5.74) is 4.72. The number of hydrogen-bond donors (Lipinski definition) is 0. The molecule has 0 N–H and O–H groups in total. The van der Waals surface area contributed by atoms with Crippen molar-refractivity contribution in [2.24, 2.45) is 0 Å². The van der Waals surface area contributed by atoms with E-state index < -0.39 is 0 Å². The first-order chi connectivity index (χ1) is 17.0. The minimum absolute atomic E-state index is 0.0109. The largest absolute Gasteiger partial charge is 0.490 e. The molecular formula is C30H28O5. The fourth-order valence-electron chi connectivity index (χ4n) is 3.90. The predicted octanol–water partition coefficient (Wildman–Crippen LogP) is 6.27. The fraction of sp³-hybridized carbons (Fsp3) is 0.200. The van der Waals surface area contributed by atoms with E-state index in [1.165, 1.54) is 0 Å². The van der Waals surface area contributed by atoms with Crippen LogP contribution in [0.15, 0.2) is 102 Å². The molecule has 0 aromatic heterocycles. The minimum Gasteiger partial charge on any atom is -0.490 e. The van der Waals surface area contributed by atoms with E-state index >= 15 is 0 Å². The zero-order valence-electron chi connectivity index (χ0n) is 19.9. The molecular weight excluding hydrogens is 440 g/mol. The maximum atomic E-state index is 12.6. The number of carbonyl (C=O) groups is 2. The lowest BCUT2D eigenvalue weighted by molar-refractivity contribution is 0.0535. The van der Waals surface area contributed by atoms with E-state index in [4.69, 9.17) is 14.2 Å². The number of hydrogen-bond acceptors (Lipinski definition) is 5. The van der Waals surface area contributed by atoms with Gasteiger partial charge in [0.05, 0.1) is 17.2 Å². The fourth-order valence-corrected chi connectivity index (χ4v) is 3.90. The van der Waals surface area contributed by atoms with E-state index in [2.05, 4.69) is 0 Å². The summed E-state index contributed by atoms with van der Waals surface area (Å²) in [5, 5.41) is 0. The van der Waals surface area contributed by atoms with Gasteiger partial charge >= 0.3 is 11.9 Å². The molecule has 5 heteroatoms. The molecule has 35 heavy (non-hydrogen) atoms. The highest BCUT2D eigenvalue weighted by atomic mass is 16.5. The van der Waals surface area contributed by atoms with E-state index in [1.54, 1.807) is 48.5 Å². The summed E-state index contributed by atoms with van der Waals surface area (Å²) in [5.74, 6) is 0.00221. The smallest absolute Gasteiger partial charge is 0.338 e. The summed E-state index contributed by atoms with van der Waals surface area (Å²) in [6.07, 6.45) is 2.54. The number of esters is 2. The SMILES string of the molecule is CC(C)Oc1ccccc1C1=C(COC(=O)c2ccccc2)C=C(COC(=O)c2ccccc2)C1. The number of ether oxygens (including phenoxy) is 3. The molecule has 0 fully saturated rings. The van der Waals surface area contributed by atoms with Gasteiger partial charge in [-0.15, -0.1) is 0 Å². The lowest BCUT2D eigenvalue weighted by Gasteiger charge is -2.17. The van der Waals surface area contributed by atoms with Crippen molar-refractivity contribution < 1.29 is 23.8 Å². The zero-order chi connectivity index (χ0) is 24.6. The standard InChI is InChI=1S/C30H28O5/c1-21(2)35-28-16-10-9-15-26(28)27-18-22(19-33-29(31)23-11-5-3-6-12-23)17-25(27)20-34-30(32)24-13-7-4-8-14-24/h3-17,21H,18-20H2,1-2H3. The van der Waals surface area contributed by atoms with Gasteiger partial charge in [0.25, 0.3) is 0 Å². The Hall–Kier alpha value is -4.12.